The number of hydrogen-bond acceptors (Lipinski definition) is 7. The summed E-state index contributed by atoms with van der Waals surface area (Å²) in [7, 11) is 0. The van der Waals surface area contributed by atoms with Crippen molar-refractivity contribution in [3.63, 3.8) is 0 Å². The monoisotopic (exact) mass is 450 g/mol. The molecule has 0 unspecified atom stereocenters. The average Bonchev–Trinajstić information content (AvgIpc) is 3.46. The number of furan rings is 1. The Balaban J connectivity index is 1.59. The first kappa shape index (κ1) is 21.4. The van der Waals surface area contributed by atoms with Gasteiger partial charge in [-0.15, -0.1) is 0 Å². The maximum Gasteiger partial charge on any atom is 0.295 e. The van der Waals surface area contributed by atoms with E-state index in [4.69, 9.17) is 9.15 Å². The van der Waals surface area contributed by atoms with Crippen molar-refractivity contribution in [2.75, 3.05) is 39.4 Å². The van der Waals surface area contributed by atoms with Crippen molar-refractivity contribution in [1.82, 2.24) is 19.2 Å². The van der Waals surface area contributed by atoms with Crippen molar-refractivity contribution >= 4 is 23.1 Å². The van der Waals surface area contributed by atoms with Crippen LogP contribution in [0.4, 0.5) is 0 Å². The normalized spacial score (nSPS) is 21.4. The zero-order valence-corrected chi connectivity index (χ0v) is 18.7. The predicted molar refractivity (Wildman–Crippen MR) is 120 cm³/mol. The molecule has 172 valence electrons. The Kier molecular flexibility index (Phi) is 5.51. The van der Waals surface area contributed by atoms with E-state index in [0.29, 0.717) is 54.9 Å². The van der Waals surface area contributed by atoms with Gasteiger partial charge in [-0.2, -0.15) is 0 Å². The van der Waals surface area contributed by atoms with E-state index >= 15 is 0 Å². The Morgan fingerprint density at radius 1 is 1.12 bits per heavy atom. The van der Waals surface area contributed by atoms with E-state index in [1.165, 1.54) is 4.90 Å². The molecule has 2 aliphatic rings. The number of Topliss-reactive ketones (excluding diaryl/α,β-unsaturated/α-hetero) is 1. The van der Waals surface area contributed by atoms with E-state index in [1.807, 2.05) is 18.2 Å². The molecule has 0 aromatic carbocycles. The number of pyridine rings is 1. The van der Waals surface area contributed by atoms with Crippen molar-refractivity contribution in [1.29, 1.82) is 0 Å². The number of carbonyl (C=O) groups excluding carboxylic acids is 2. The molecule has 33 heavy (non-hydrogen) atoms. The molecular weight excluding hydrogens is 424 g/mol. The molecule has 2 saturated heterocycles. The summed E-state index contributed by atoms with van der Waals surface area (Å²) in [6, 6.07) is 8.21. The molecule has 1 atom stereocenters. The van der Waals surface area contributed by atoms with Crippen LogP contribution in [0.3, 0.4) is 0 Å². The van der Waals surface area contributed by atoms with Gasteiger partial charge < -0.3 is 19.2 Å². The molecule has 3 aromatic heterocycles. The number of nitrogens with zero attached hydrogens (tertiary/aromatic N) is 4. The molecular formula is C24H26N4O5. The van der Waals surface area contributed by atoms with Crippen LogP contribution >= 0.6 is 0 Å². The van der Waals surface area contributed by atoms with Gasteiger partial charge in [-0.25, -0.2) is 4.98 Å². The number of rotatable bonds is 5. The van der Waals surface area contributed by atoms with Crippen LogP contribution in [-0.2, 0) is 14.3 Å². The summed E-state index contributed by atoms with van der Waals surface area (Å²) >= 11 is 0. The minimum atomic E-state index is -0.812. The number of ether oxygens (including phenoxy) is 1. The molecule has 2 fully saturated rings. The van der Waals surface area contributed by atoms with Gasteiger partial charge >= 0.3 is 0 Å². The summed E-state index contributed by atoms with van der Waals surface area (Å²) in [5, 5.41) is 11.4. The summed E-state index contributed by atoms with van der Waals surface area (Å²) in [6.45, 7) is 7.34. The van der Waals surface area contributed by atoms with Crippen molar-refractivity contribution < 1.29 is 23.8 Å². The van der Waals surface area contributed by atoms with Crippen LogP contribution in [-0.4, -0.2) is 75.4 Å². The molecule has 0 spiro atoms. The molecule has 3 aromatic rings. The zero-order valence-electron chi connectivity index (χ0n) is 18.7. The number of aryl methyl sites for hydroxylation is 2. The second kappa shape index (κ2) is 8.49. The summed E-state index contributed by atoms with van der Waals surface area (Å²) in [5.74, 6) is -0.511. The number of imidazole rings is 1. The molecule has 5 rings (SSSR count). The van der Waals surface area contributed by atoms with Gasteiger partial charge in [-0.05, 0) is 38.1 Å². The topological polar surface area (TPSA) is 101 Å². The number of morpholine rings is 1. The highest BCUT2D eigenvalue weighted by atomic mass is 16.5. The van der Waals surface area contributed by atoms with Crippen molar-refractivity contribution in [2.24, 2.45) is 0 Å². The number of hydrogen-bond donors (Lipinski definition) is 1. The van der Waals surface area contributed by atoms with E-state index in [-0.39, 0.29) is 11.3 Å². The second-order valence-electron chi connectivity index (χ2n) is 8.37. The number of fused-ring (bicyclic) bond motifs is 1. The Bertz CT molecular complexity index is 1250. The first-order valence-electron chi connectivity index (χ1n) is 11.0. The van der Waals surface area contributed by atoms with Crippen molar-refractivity contribution in [3.8, 4) is 0 Å². The Hall–Kier alpha value is -3.43. The summed E-state index contributed by atoms with van der Waals surface area (Å²) in [5.41, 5.74) is 1.62. The smallest absolute Gasteiger partial charge is 0.295 e. The lowest BCUT2D eigenvalue weighted by Gasteiger charge is -2.30. The Morgan fingerprint density at radius 3 is 2.64 bits per heavy atom. The molecule has 9 heteroatoms. The van der Waals surface area contributed by atoms with Crippen LogP contribution in [0.15, 0.2) is 46.5 Å². The van der Waals surface area contributed by atoms with Crippen LogP contribution in [0.2, 0.25) is 0 Å². The van der Waals surface area contributed by atoms with Gasteiger partial charge in [0.15, 0.2) is 5.76 Å². The summed E-state index contributed by atoms with van der Waals surface area (Å²) < 4.78 is 13.0. The molecule has 9 nitrogen and oxygen atoms in total. The van der Waals surface area contributed by atoms with Crippen LogP contribution in [0, 0.1) is 13.8 Å². The molecule has 5 heterocycles. The SMILES string of the molecule is Cc1ccc([C@H]2C(=C(O)c3c(C)nc4ccccn34)C(=O)C(=O)N2CCN2CCOCC2)o1. The highest BCUT2D eigenvalue weighted by molar-refractivity contribution is 6.46. The number of ketones is 1. The van der Waals surface area contributed by atoms with Gasteiger partial charge in [0.2, 0.25) is 0 Å². The van der Waals surface area contributed by atoms with E-state index in [9.17, 15) is 14.7 Å². The Morgan fingerprint density at radius 2 is 1.91 bits per heavy atom. The van der Waals surface area contributed by atoms with Crippen LogP contribution < -0.4 is 0 Å². The predicted octanol–water partition coefficient (Wildman–Crippen LogP) is 2.30. The molecule has 0 aliphatic carbocycles. The van der Waals surface area contributed by atoms with Gasteiger partial charge in [-0.1, -0.05) is 6.07 Å². The minimum Gasteiger partial charge on any atom is -0.505 e. The summed E-state index contributed by atoms with van der Waals surface area (Å²) in [4.78, 5) is 34.5. The maximum absolute atomic E-state index is 13.2. The molecule has 0 bridgehead atoms. The zero-order chi connectivity index (χ0) is 23.1. The van der Waals surface area contributed by atoms with Crippen LogP contribution in [0.5, 0.6) is 0 Å². The fourth-order valence-corrected chi connectivity index (χ4v) is 4.61. The van der Waals surface area contributed by atoms with Crippen LogP contribution in [0.1, 0.15) is 29.0 Å². The highest BCUT2D eigenvalue weighted by Gasteiger charge is 2.48. The summed E-state index contributed by atoms with van der Waals surface area (Å²) in [6.07, 6.45) is 1.77. The molecule has 0 radical (unpaired) electrons. The fourth-order valence-electron chi connectivity index (χ4n) is 4.61. The van der Waals surface area contributed by atoms with Gasteiger partial charge in [0.25, 0.3) is 11.7 Å². The molecule has 1 N–H and O–H groups in total. The lowest BCUT2D eigenvalue weighted by Crippen LogP contribution is -2.42. The fraction of sp³-hybridized carbons (Fsp3) is 0.375. The third-order valence-electron chi connectivity index (χ3n) is 6.26. The number of carbonyl (C=O) groups is 2. The standard InChI is InChI=1S/C24H26N4O5/c1-15-6-7-17(33-15)21-19(22(29)20-16(2)25-18-5-3-4-8-27(18)20)23(30)24(31)28(21)10-9-26-11-13-32-14-12-26/h3-8,21,29H,9-14H2,1-2H3/t21-/m0/s1. The number of aliphatic hydroxyl groups excluding tert-OH is 1. The van der Waals surface area contributed by atoms with Gasteiger partial charge in [0.1, 0.15) is 28.9 Å². The second-order valence-corrected chi connectivity index (χ2v) is 8.37. The third-order valence-corrected chi connectivity index (χ3v) is 6.26. The maximum atomic E-state index is 13.2. The van der Waals surface area contributed by atoms with Crippen molar-refractivity contribution in [3.05, 3.63) is 65.0 Å². The molecule has 2 aliphatic heterocycles. The third kappa shape index (κ3) is 3.73. The van der Waals surface area contributed by atoms with E-state index in [1.54, 1.807) is 36.6 Å². The Labute approximate surface area is 190 Å². The van der Waals surface area contributed by atoms with E-state index < -0.39 is 17.7 Å². The van der Waals surface area contributed by atoms with E-state index in [0.717, 1.165) is 13.1 Å². The number of aromatic nitrogens is 2. The lowest BCUT2D eigenvalue weighted by molar-refractivity contribution is -0.140. The van der Waals surface area contributed by atoms with E-state index in [2.05, 4.69) is 9.88 Å². The lowest BCUT2D eigenvalue weighted by atomic mass is 10.0. The first-order chi connectivity index (χ1) is 16.0. The number of aliphatic hydroxyl groups is 1. The number of likely N-dealkylation sites (tertiary alicyclic amines) is 1. The van der Waals surface area contributed by atoms with Crippen molar-refractivity contribution in [2.45, 2.75) is 19.9 Å². The molecule has 1 amide bonds. The average molecular weight is 450 g/mol. The largest absolute Gasteiger partial charge is 0.505 e. The minimum absolute atomic E-state index is 0.0186. The quantitative estimate of drug-likeness (QED) is 0.362. The van der Waals surface area contributed by atoms with Gasteiger partial charge in [-0.3, -0.25) is 18.9 Å². The molecule has 0 saturated carbocycles. The van der Waals surface area contributed by atoms with Crippen LogP contribution in [0.25, 0.3) is 11.4 Å². The highest BCUT2D eigenvalue weighted by Crippen LogP contribution is 2.40. The van der Waals surface area contributed by atoms with Gasteiger partial charge in [0, 0.05) is 32.4 Å². The van der Waals surface area contributed by atoms with Gasteiger partial charge in [0.05, 0.1) is 24.5 Å². The first-order valence-corrected chi connectivity index (χ1v) is 11.0. The number of amides is 1.